The van der Waals surface area contributed by atoms with Crippen molar-refractivity contribution >= 4 is 27.3 Å². The predicted octanol–water partition coefficient (Wildman–Crippen LogP) is 2.23. The van der Waals surface area contributed by atoms with E-state index in [-0.39, 0.29) is 17.5 Å². The molecule has 1 saturated heterocycles. The molecule has 3 rings (SSSR count). The second-order valence-corrected chi connectivity index (χ2v) is 7.79. The van der Waals surface area contributed by atoms with E-state index in [1.807, 2.05) is 42.2 Å². The van der Waals surface area contributed by atoms with Crippen LogP contribution in [0, 0.1) is 0 Å². The first kappa shape index (κ1) is 15.7. The second kappa shape index (κ2) is 6.54. The smallest absolute Gasteiger partial charge is 0.231 e. The van der Waals surface area contributed by atoms with Crippen LogP contribution >= 0.6 is 0 Å². The molecular formula is C16H20N4O2S. The van der Waals surface area contributed by atoms with Crippen LogP contribution in [-0.2, 0) is 9.84 Å². The summed E-state index contributed by atoms with van der Waals surface area (Å²) < 4.78 is 23.1. The van der Waals surface area contributed by atoms with Crippen LogP contribution in [0.15, 0.2) is 42.6 Å². The molecule has 0 aliphatic carbocycles. The molecule has 0 bridgehead atoms. The van der Waals surface area contributed by atoms with E-state index in [1.54, 1.807) is 12.3 Å². The van der Waals surface area contributed by atoms with Gasteiger partial charge in [-0.2, -0.15) is 4.98 Å². The van der Waals surface area contributed by atoms with Crippen molar-refractivity contribution in [2.75, 3.05) is 28.3 Å². The quantitative estimate of drug-likeness (QED) is 0.905. The summed E-state index contributed by atoms with van der Waals surface area (Å²) in [5.41, 5.74) is 1.02. The zero-order valence-electron chi connectivity index (χ0n) is 13.0. The molecule has 7 heteroatoms. The summed E-state index contributed by atoms with van der Waals surface area (Å²) in [7, 11) is -2.91. The molecule has 1 aliphatic rings. The summed E-state index contributed by atoms with van der Waals surface area (Å²) in [6.07, 6.45) is 2.32. The van der Waals surface area contributed by atoms with E-state index >= 15 is 0 Å². The first-order chi connectivity index (χ1) is 11.1. The first-order valence-electron chi connectivity index (χ1n) is 7.70. The number of rotatable bonds is 5. The van der Waals surface area contributed by atoms with Gasteiger partial charge in [-0.1, -0.05) is 18.2 Å². The Bertz CT molecular complexity index is 765. The van der Waals surface area contributed by atoms with E-state index in [9.17, 15) is 8.42 Å². The van der Waals surface area contributed by atoms with E-state index in [0.717, 1.165) is 12.2 Å². The lowest BCUT2D eigenvalue weighted by molar-refractivity contribution is 0.602. The van der Waals surface area contributed by atoms with Gasteiger partial charge in [-0.05, 0) is 31.5 Å². The maximum Gasteiger partial charge on any atom is 0.231 e. The minimum absolute atomic E-state index is 0.0745. The van der Waals surface area contributed by atoms with Crippen molar-refractivity contribution in [3.05, 3.63) is 42.6 Å². The molecule has 2 aromatic rings. The summed E-state index contributed by atoms with van der Waals surface area (Å²) in [6.45, 7) is 2.78. The van der Waals surface area contributed by atoms with Crippen molar-refractivity contribution in [3.63, 3.8) is 0 Å². The van der Waals surface area contributed by atoms with Crippen LogP contribution in [0.3, 0.4) is 0 Å². The lowest BCUT2D eigenvalue weighted by Crippen LogP contribution is -2.23. The fourth-order valence-corrected chi connectivity index (χ4v) is 4.40. The summed E-state index contributed by atoms with van der Waals surface area (Å²) in [6, 6.07) is 11.6. The van der Waals surface area contributed by atoms with Crippen LogP contribution in [0.25, 0.3) is 0 Å². The molecule has 0 radical (unpaired) electrons. The summed E-state index contributed by atoms with van der Waals surface area (Å²) in [4.78, 5) is 10.9. The third-order valence-corrected chi connectivity index (χ3v) is 5.62. The summed E-state index contributed by atoms with van der Waals surface area (Å²) in [5, 5.41) is 3.21. The van der Waals surface area contributed by atoms with E-state index < -0.39 is 9.84 Å². The topological polar surface area (TPSA) is 75.2 Å². The Hall–Kier alpha value is -2.15. The number of benzene rings is 1. The largest absolute Gasteiger partial charge is 0.366 e. The Labute approximate surface area is 136 Å². The molecule has 0 saturated carbocycles. The molecule has 1 unspecified atom stereocenters. The first-order valence-corrected chi connectivity index (χ1v) is 9.52. The van der Waals surface area contributed by atoms with Crippen molar-refractivity contribution in [2.24, 2.45) is 0 Å². The highest BCUT2D eigenvalue weighted by Gasteiger charge is 2.28. The number of hydrogen-bond acceptors (Lipinski definition) is 6. The molecule has 23 heavy (non-hydrogen) atoms. The highest BCUT2D eigenvalue weighted by Crippen LogP contribution is 2.23. The lowest BCUT2D eigenvalue weighted by Gasteiger charge is -2.21. The normalized spacial score (nSPS) is 19.4. The molecule has 6 nitrogen and oxygen atoms in total. The van der Waals surface area contributed by atoms with Gasteiger partial charge in [0, 0.05) is 24.5 Å². The average Bonchev–Trinajstić information content (AvgIpc) is 2.88. The molecule has 1 fully saturated rings. The van der Waals surface area contributed by atoms with E-state index in [4.69, 9.17) is 0 Å². The Morgan fingerprint density at radius 3 is 2.70 bits per heavy atom. The van der Waals surface area contributed by atoms with Crippen molar-refractivity contribution in [1.82, 2.24) is 9.97 Å². The predicted molar refractivity (Wildman–Crippen MR) is 91.8 cm³/mol. The minimum Gasteiger partial charge on any atom is -0.366 e. The molecule has 2 heterocycles. The zero-order valence-corrected chi connectivity index (χ0v) is 13.8. The Kier molecular flexibility index (Phi) is 4.47. The number of anilines is 3. The molecule has 0 amide bonds. The van der Waals surface area contributed by atoms with Gasteiger partial charge in [-0.15, -0.1) is 0 Å². The van der Waals surface area contributed by atoms with Crippen LogP contribution in [0.5, 0.6) is 0 Å². The standard InChI is InChI=1S/C16H20N4O2S/c1-2-20(14-6-4-3-5-7-14)16-17-10-8-15(19-16)18-13-9-11-23(21,22)12-13/h3-8,10,13H,2,9,11-12H2,1H3,(H,17,18,19). The van der Waals surface area contributed by atoms with Crippen molar-refractivity contribution in [2.45, 2.75) is 19.4 Å². The fraction of sp³-hybridized carbons (Fsp3) is 0.375. The van der Waals surface area contributed by atoms with Crippen molar-refractivity contribution in [3.8, 4) is 0 Å². The van der Waals surface area contributed by atoms with Crippen molar-refractivity contribution in [1.29, 1.82) is 0 Å². The van der Waals surface area contributed by atoms with E-state index in [0.29, 0.717) is 18.2 Å². The number of sulfone groups is 1. The second-order valence-electron chi connectivity index (χ2n) is 5.57. The monoisotopic (exact) mass is 332 g/mol. The van der Waals surface area contributed by atoms with Crippen LogP contribution in [0.2, 0.25) is 0 Å². The number of hydrogen-bond donors (Lipinski definition) is 1. The molecule has 1 aromatic carbocycles. The van der Waals surface area contributed by atoms with Crippen molar-refractivity contribution < 1.29 is 8.42 Å². The highest BCUT2D eigenvalue weighted by molar-refractivity contribution is 7.91. The third-order valence-electron chi connectivity index (χ3n) is 3.85. The van der Waals surface area contributed by atoms with Gasteiger partial charge in [-0.3, -0.25) is 0 Å². The van der Waals surface area contributed by atoms with Crippen LogP contribution in [0.4, 0.5) is 17.5 Å². The highest BCUT2D eigenvalue weighted by atomic mass is 32.2. The van der Waals surface area contributed by atoms with Gasteiger partial charge >= 0.3 is 0 Å². The Morgan fingerprint density at radius 1 is 1.26 bits per heavy atom. The minimum atomic E-state index is -2.91. The summed E-state index contributed by atoms with van der Waals surface area (Å²) >= 11 is 0. The number of nitrogens with one attached hydrogen (secondary N) is 1. The maximum atomic E-state index is 11.6. The van der Waals surface area contributed by atoms with Gasteiger partial charge in [-0.25, -0.2) is 13.4 Å². The zero-order chi connectivity index (χ0) is 16.3. The van der Waals surface area contributed by atoms with Crippen LogP contribution < -0.4 is 10.2 Å². The number of aromatic nitrogens is 2. The molecule has 1 aliphatic heterocycles. The van der Waals surface area contributed by atoms with Crippen LogP contribution in [-0.4, -0.2) is 42.5 Å². The Morgan fingerprint density at radius 2 is 2.04 bits per heavy atom. The van der Waals surface area contributed by atoms with Gasteiger partial charge < -0.3 is 10.2 Å². The van der Waals surface area contributed by atoms with Gasteiger partial charge in [0.15, 0.2) is 9.84 Å². The van der Waals surface area contributed by atoms with Gasteiger partial charge in [0.05, 0.1) is 11.5 Å². The Balaban J connectivity index is 1.79. The maximum absolute atomic E-state index is 11.6. The molecule has 1 aromatic heterocycles. The van der Waals surface area contributed by atoms with Gasteiger partial charge in [0.2, 0.25) is 5.95 Å². The number of nitrogens with zero attached hydrogens (tertiary/aromatic N) is 3. The van der Waals surface area contributed by atoms with Gasteiger partial charge in [0.25, 0.3) is 0 Å². The summed E-state index contributed by atoms with van der Waals surface area (Å²) in [5.74, 6) is 1.67. The SMILES string of the molecule is CCN(c1ccccc1)c1nccc(NC2CCS(=O)(=O)C2)n1. The molecule has 1 atom stereocenters. The average molecular weight is 332 g/mol. The molecular weight excluding hydrogens is 312 g/mol. The van der Waals surface area contributed by atoms with E-state index in [1.165, 1.54) is 0 Å². The van der Waals surface area contributed by atoms with Crippen LogP contribution in [0.1, 0.15) is 13.3 Å². The molecule has 122 valence electrons. The molecule has 0 spiro atoms. The van der Waals surface area contributed by atoms with E-state index in [2.05, 4.69) is 15.3 Å². The number of para-hydroxylation sites is 1. The fourth-order valence-electron chi connectivity index (χ4n) is 2.72. The molecule has 1 N–H and O–H groups in total. The third kappa shape index (κ3) is 3.79. The lowest BCUT2D eigenvalue weighted by atomic mass is 10.2. The van der Waals surface area contributed by atoms with Gasteiger partial charge in [0.1, 0.15) is 5.82 Å².